The standard InChI is InChI=1S/C18H23N3O2S/c1-14-3-2-4-15(20-14)11-22-16-9-18(23-12-16)5-7-21(13-18)10-17-19-6-8-24-17/h2-4,6,8,16H,5,7,9-13H2,1H3/t16-,18-/m0/s1. The summed E-state index contributed by atoms with van der Waals surface area (Å²) >= 11 is 1.72. The molecule has 4 heterocycles. The van der Waals surface area contributed by atoms with Gasteiger partial charge in [0.05, 0.1) is 37.2 Å². The second kappa shape index (κ2) is 6.88. The highest BCUT2D eigenvalue weighted by atomic mass is 32.1. The van der Waals surface area contributed by atoms with Crippen molar-refractivity contribution < 1.29 is 9.47 Å². The van der Waals surface area contributed by atoms with Crippen LogP contribution in [0.25, 0.3) is 0 Å². The fourth-order valence-electron chi connectivity index (χ4n) is 3.66. The molecule has 2 aromatic rings. The van der Waals surface area contributed by atoms with Crippen molar-refractivity contribution in [1.82, 2.24) is 14.9 Å². The fourth-order valence-corrected chi connectivity index (χ4v) is 4.32. The second-order valence-corrected chi connectivity index (χ2v) is 7.77. The van der Waals surface area contributed by atoms with Crippen molar-refractivity contribution in [3.63, 3.8) is 0 Å². The quantitative estimate of drug-likeness (QED) is 0.834. The fraction of sp³-hybridized carbons (Fsp3) is 0.556. The summed E-state index contributed by atoms with van der Waals surface area (Å²) in [5.41, 5.74) is 2.00. The molecule has 5 nitrogen and oxygen atoms in total. The Morgan fingerprint density at radius 1 is 1.46 bits per heavy atom. The summed E-state index contributed by atoms with van der Waals surface area (Å²) in [6.45, 7) is 6.25. The van der Waals surface area contributed by atoms with E-state index in [-0.39, 0.29) is 11.7 Å². The zero-order chi connectivity index (χ0) is 16.4. The van der Waals surface area contributed by atoms with Crippen molar-refractivity contribution in [2.45, 2.75) is 44.6 Å². The first-order valence-corrected chi connectivity index (χ1v) is 9.38. The first-order chi connectivity index (χ1) is 11.7. The van der Waals surface area contributed by atoms with Gasteiger partial charge in [-0.25, -0.2) is 4.98 Å². The summed E-state index contributed by atoms with van der Waals surface area (Å²) in [7, 11) is 0. The molecule has 24 heavy (non-hydrogen) atoms. The van der Waals surface area contributed by atoms with Crippen LogP contribution in [0, 0.1) is 6.92 Å². The van der Waals surface area contributed by atoms with Crippen LogP contribution in [0.15, 0.2) is 29.8 Å². The van der Waals surface area contributed by atoms with Gasteiger partial charge in [0.15, 0.2) is 0 Å². The molecule has 0 N–H and O–H groups in total. The van der Waals surface area contributed by atoms with Gasteiger partial charge in [0.2, 0.25) is 0 Å². The molecule has 4 rings (SSSR count). The Labute approximate surface area is 146 Å². The number of pyridine rings is 1. The van der Waals surface area contributed by atoms with E-state index >= 15 is 0 Å². The third-order valence-electron chi connectivity index (χ3n) is 4.83. The summed E-state index contributed by atoms with van der Waals surface area (Å²) in [4.78, 5) is 11.3. The third kappa shape index (κ3) is 3.67. The van der Waals surface area contributed by atoms with Gasteiger partial charge < -0.3 is 9.47 Å². The van der Waals surface area contributed by atoms with Crippen LogP contribution in [-0.4, -0.2) is 46.3 Å². The van der Waals surface area contributed by atoms with Gasteiger partial charge in [0, 0.05) is 36.8 Å². The number of aromatic nitrogens is 2. The molecule has 0 aromatic carbocycles. The SMILES string of the molecule is Cc1cccc(CO[C@@H]2CO[C@@]3(CCN(Cc4nccs4)C3)C2)n1. The van der Waals surface area contributed by atoms with E-state index in [1.54, 1.807) is 11.3 Å². The van der Waals surface area contributed by atoms with Crippen molar-refractivity contribution >= 4 is 11.3 Å². The van der Waals surface area contributed by atoms with Gasteiger partial charge in [0.1, 0.15) is 5.01 Å². The smallest absolute Gasteiger partial charge is 0.107 e. The monoisotopic (exact) mass is 345 g/mol. The van der Waals surface area contributed by atoms with E-state index < -0.39 is 0 Å². The van der Waals surface area contributed by atoms with E-state index in [9.17, 15) is 0 Å². The van der Waals surface area contributed by atoms with Crippen LogP contribution in [0.2, 0.25) is 0 Å². The van der Waals surface area contributed by atoms with Gasteiger partial charge in [-0.1, -0.05) is 6.07 Å². The molecule has 2 aromatic heterocycles. The lowest BCUT2D eigenvalue weighted by Crippen LogP contribution is -2.32. The molecule has 2 aliphatic heterocycles. The average Bonchev–Trinajstić information content (AvgIpc) is 3.30. The minimum Gasteiger partial charge on any atom is -0.371 e. The molecule has 0 bridgehead atoms. The van der Waals surface area contributed by atoms with Crippen molar-refractivity contribution in [3.8, 4) is 0 Å². The number of ether oxygens (including phenoxy) is 2. The maximum Gasteiger partial charge on any atom is 0.107 e. The molecule has 0 amide bonds. The van der Waals surface area contributed by atoms with E-state index in [1.807, 2.05) is 36.7 Å². The summed E-state index contributed by atoms with van der Waals surface area (Å²) < 4.78 is 12.2. The highest BCUT2D eigenvalue weighted by Gasteiger charge is 2.45. The van der Waals surface area contributed by atoms with Gasteiger partial charge in [-0.05, 0) is 25.5 Å². The van der Waals surface area contributed by atoms with E-state index in [0.29, 0.717) is 13.2 Å². The molecule has 2 atom stereocenters. The lowest BCUT2D eigenvalue weighted by atomic mass is 9.98. The number of thiazole rings is 1. The molecule has 2 aliphatic rings. The molecular formula is C18H23N3O2S. The average molecular weight is 345 g/mol. The van der Waals surface area contributed by atoms with Gasteiger partial charge in [-0.15, -0.1) is 11.3 Å². The van der Waals surface area contributed by atoms with Gasteiger partial charge in [0.25, 0.3) is 0 Å². The molecule has 2 saturated heterocycles. The maximum absolute atomic E-state index is 6.17. The number of hydrogen-bond acceptors (Lipinski definition) is 6. The zero-order valence-corrected chi connectivity index (χ0v) is 14.8. The lowest BCUT2D eigenvalue weighted by Gasteiger charge is -2.23. The Morgan fingerprint density at radius 3 is 3.25 bits per heavy atom. The van der Waals surface area contributed by atoms with Crippen LogP contribution < -0.4 is 0 Å². The predicted molar refractivity (Wildman–Crippen MR) is 92.9 cm³/mol. The minimum absolute atomic E-state index is 0.0258. The Kier molecular flexibility index (Phi) is 4.63. The topological polar surface area (TPSA) is 47.5 Å². The number of nitrogens with zero attached hydrogens (tertiary/aromatic N) is 3. The summed E-state index contributed by atoms with van der Waals surface area (Å²) in [5, 5.41) is 3.22. The van der Waals surface area contributed by atoms with Crippen molar-refractivity contribution in [2.24, 2.45) is 0 Å². The van der Waals surface area contributed by atoms with Crippen LogP contribution in [0.1, 0.15) is 29.2 Å². The molecule has 2 fully saturated rings. The maximum atomic E-state index is 6.17. The molecule has 6 heteroatoms. The first kappa shape index (κ1) is 16.1. The molecule has 0 saturated carbocycles. The van der Waals surface area contributed by atoms with Gasteiger partial charge >= 0.3 is 0 Å². The van der Waals surface area contributed by atoms with E-state index in [1.165, 1.54) is 5.01 Å². The lowest BCUT2D eigenvalue weighted by molar-refractivity contribution is -0.000807. The number of rotatable bonds is 5. The van der Waals surface area contributed by atoms with Crippen LogP contribution in [0.3, 0.4) is 0 Å². The van der Waals surface area contributed by atoms with Crippen molar-refractivity contribution in [2.75, 3.05) is 19.7 Å². The predicted octanol–water partition coefficient (Wildman–Crippen LogP) is 2.80. The minimum atomic E-state index is -0.0258. The summed E-state index contributed by atoms with van der Waals surface area (Å²) in [6, 6.07) is 6.05. The zero-order valence-electron chi connectivity index (χ0n) is 14.0. The molecular weight excluding hydrogens is 322 g/mol. The van der Waals surface area contributed by atoms with Crippen LogP contribution in [0.4, 0.5) is 0 Å². The van der Waals surface area contributed by atoms with Gasteiger partial charge in [-0.3, -0.25) is 9.88 Å². The second-order valence-electron chi connectivity index (χ2n) is 6.79. The Bertz CT molecular complexity index is 679. The Balaban J connectivity index is 1.28. The first-order valence-electron chi connectivity index (χ1n) is 8.50. The Morgan fingerprint density at radius 2 is 2.42 bits per heavy atom. The number of hydrogen-bond donors (Lipinski definition) is 0. The summed E-state index contributed by atoms with van der Waals surface area (Å²) in [6.07, 6.45) is 4.11. The summed E-state index contributed by atoms with van der Waals surface area (Å²) in [5.74, 6) is 0. The third-order valence-corrected chi connectivity index (χ3v) is 5.59. The van der Waals surface area contributed by atoms with Crippen molar-refractivity contribution in [1.29, 1.82) is 0 Å². The van der Waals surface area contributed by atoms with Crippen LogP contribution in [0.5, 0.6) is 0 Å². The number of likely N-dealkylation sites (tertiary alicyclic amines) is 1. The van der Waals surface area contributed by atoms with Crippen molar-refractivity contribution in [3.05, 3.63) is 46.2 Å². The largest absolute Gasteiger partial charge is 0.371 e. The molecule has 0 aliphatic carbocycles. The molecule has 0 radical (unpaired) electrons. The van der Waals surface area contributed by atoms with Gasteiger partial charge in [-0.2, -0.15) is 0 Å². The van der Waals surface area contributed by atoms with E-state index in [4.69, 9.17) is 9.47 Å². The number of aryl methyl sites for hydroxylation is 1. The molecule has 1 spiro atoms. The molecule has 0 unspecified atom stereocenters. The highest BCUT2D eigenvalue weighted by molar-refractivity contribution is 7.09. The highest BCUT2D eigenvalue weighted by Crippen LogP contribution is 2.37. The van der Waals surface area contributed by atoms with E-state index in [2.05, 4.69) is 14.9 Å². The van der Waals surface area contributed by atoms with Crippen LogP contribution >= 0.6 is 11.3 Å². The van der Waals surface area contributed by atoms with E-state index in [0.717, 1.165) is 43.9 Å². The Hall–Kier alpha value is -1.34. The van der Waals surface area contributed by atoms with Crippen LogP contribution in [-0.2, 0) is 22.6 Å². The molecule has 128 valence electrons. The normalized spacial score (nSPS) is 27.3.